The first-order valence-corrected chi connectivity index (χ1v) is 8.65. The molecule has 2 aromatic rings. The van der Waals surface area contributed by atoms with E-state index >= 15 is 0 Å². The van der Waals surface area contributed by atoms with E-state index in [1.807, 2.05) is 10.6 Å². The van der Waals surface area contributed by atoms with Crippen LogP contribution in [0.3, 0.4) is 0 Å². The Kier molecular flexibility index (Phi) is 3.50. The minimum atomic E-state index is 0.130. The molecule has 8 heteroatoms. The van der Waals surface area contributed by atoms with Crippen molar-refractivity contribution >= 4 is 34.2 Å². The number of hydrogen-bond acceptors (Lipinski definition) is 6. The van der Waals surface area contributed by atoms with E-state index in [-0.39, 0.29) is 17.6 Å². The van der Waals surface area contributed by atoms with Crippen molar-refractivity contribution in [3.8, 4) is 0 Å². The SMILES string of the molecule is C[C@H]1OCC2(CCN(c3ncc(I)c4nncn34)CC2)[C@@H]1N. The van der Waals surface area contributed by atoms with Crippen molar-refractivity contribution < 1.29 is 4.74 Å². The number of fused-ring (bicyclic) bond motifs is 1. The lowest BCUT2D eigenvalue weighted by molar-refractivity contribution is 0.0973. The van der Waals surface area contributed by atoms with Crippen LogP contribution >= 0.6 is 22.6 Å². The number of halogens is 1. The van der Waals surface area contributed by atoms with Gasteiger partial charge in [0.15, 0.2) is 5.65 Å². The molecular formula is C14H19IN6O. The quantitative estimate of drug-likeness (QED) is 0.704. The maximum absolute atomic E-state index is 6.38. The monoisotopic (exact) mass is 414 g/mol. The minimum Gasteiger partial charge on any atom is -0.376 e. The van der Waals surface area contributed by atoms with Gasteiger partial charge in [-0.25, -0.2) is 4.98 Å². The van der Waals surface area contributed by atoms with Gasteiger partial charge < -0.3 is 15.4 Å². The van der Waals surface area contributed by atoms with Crippen LogP contribution in [0, 0.1) is 8.99 Å². The second kappa shape index (κ2) is 5.27. The Morgan fingerprint density at radius 1 is 1.41 bits per heavy atom. The smallest absolute Gasteiger partial charge is 0.212 e. The molecule has 4 heterocycles. The summed E-state index contributed by atoms with van der Waals surface area (Å²) >= 11 is 2.24. The maximum Gasteiger partial charge on any atom is 0.212 e. The zero-order chi connectivity index (χ0) is 15.3. The van der Waals surface area contributed by atoms with Crippen LogP contribution in [0.4, 0.5) is 5.95 Å². The molecule has 2 saturated heterocycles. The van der Waals surface area contributed by atoms with Gasteiger partial charge in [-0.2, -0.15) is 0 Å². The highest BCUT2D eigenvalue weighted by Crippen LogP contribution is 2.41. The number of hydrogen-bond donors (Lipinski definition) is 1. The molecule has 1 spiro atoms. The number of nitrogens with zero attached hydrogens (tertiary/aromatic N) is 5. The molecule has 22 heavy (non-hydrogen) atoms. The van der Waals surface area contributed by atoms with Crippen molar-refractivity contribution in [3.63, 3.8) is 0 Å². The average Bonchev–Trinajstić information content (AvgIpc) is 3.12. The first-order valence-electron chi connectivity index (χ1n) is 7.57. The molecule has 0 amide bonds. The van der Waals surface area contributed by atoms with E-state index in [9.17, 15) is 0 Å². The van der Waals surface area contributed by atoms with E-state index in [2.05, 4.69) is 49.6 Å². The molecule has 7 nitrogen and oxygen atoms in total. The average molecular weight is 414 g/mol. The van der Waals surface area contributed by atoms with Crippen LogP contribution in [-0.2, 0) is 4.74 Å². The van der Waals surface area contributed by atoms with Crippen molar-refractivity contribution in [1.82, 2.24) is 19.6 Å². The Morgan fingerprint density at radius 2 is 2.18 bits per heavy atom. The predicted molar refractivity (Wildman–Crippen MR) is 90.8 cm³/mol. The van der Waals surface area contributed by atoms with Crippen molar-refractivity contribution in [2.45, 2.75) is 31.9 Å². The Bertz CT molecular complexity index is 696. The summed E-state index contributed by atoms with van der Waals surface area (Å²) in [7, 11) is 0. The number of piperidine rings is 1. The van der Waals surface area contributed by atoms with Crippen molar-refractivity contribution in [1.29, 1.82) is 0 Å². The van der Waals surface area contributed by atoms with E-state index in [1.165, 1.54) is 0 Å². The molecule has 2 atom stereocenters. The number of rotatable bonds is 1. The lowest BCUT2D eigenvalue weighted by atomic mass is 9.73. The third-order valence-electron chi connectivity index (χ3n) is 5.16. The molecule has 0 aliphatic carbocycles. The molecule has 2 aromatic heterocycles. The topological polar surface area (TPSA) is 81.6 Å². The Morgan fingerprint density at radius 3 is 2.86 bits per heavy atom. The fourth-order valence-corrected chi connectivity index (χ4v) is 4.14. The zero-order valence-electron chi connectivity index (χ0n) is 12.4. The highest BCUT2D eigenvalue weighted by molar-refractivity contribution is 14.1. The summed E-state index contributed by atoms with van der Waals surface area (Å²) in [6.45, 7) is 4.73. The first kappa shape index (κ1) is 14.6. The summed E-state index contributed by atoms with van der Waals surface area (Å²) in [5.41, 5.74) is 7.37. The second-order valence-corrected chi connectivity index (χ2v) is 7.48. The second-order valence-electron chi connectivity index (χ2n) is 6.32. The molecule has 2 fully saturated rings. The third kappa shape index (κ3) is 2.11. The molecule has 0 aromatic carbocycles. The number of aromatic nitrogens is 4. The lowest BCUT2D eigenvalue weighted by Crippen LogP contribution is -2.51. The van der Waals surface area contributed by atoms with E-state index in [1.54, 1.807) is 6.33 Å². The predicted octanol–water partition coefficient (Wildman–Crippen LogP) is 1.06. The molecular weight excluding hydrogens is 395 g/mol. The van der Waals surface area contributed by atoms with Crippen LogP contribution in [0.5, 0.6) is 0 Å². The summed E-state index contributed by atoms with van der Waals surface area (Å²) in [5.74, 6) is 0.913. The maximum atomic E-state index is 6.38. The van der Waals surface area contributed by atoms with Gasteiger partial charge in [-0.05, 0) is 42.4 Å². The normalized spacial score (nSPS) is 27.9. The van der Waals surface area contributed by atoms with Crippen LogP contribution < -0.4 is 10.6 Å². The summed E-state index contributed by atoms with van der Waals surface area (Å²) in [5, 5.41) is 8.18. The van der Waals surface area contributed by atoms with Crippen LogP contribution in [-0.4, -0.2) is 51.4 Å². The summed E-state index contributed by atoms with van der Waals surface area (Å²) in [4.78, 5) is 6.89. The zero-order valence-corrected chi connectivity index (χ0v) is 14.6. The Balaban J connectivity index is 1.59. The van der Waals surface area contributed by atoms with E-state index < -0.39 is 0 Å². The van der Waals surface area contributed by atoms with Crippen molar-refractivity contribution in [2.24, 2.45) is 11.1 Å². The fraction of sp³-hybridized carbons (Fsp3) is 0.643. The van der Waals surface area contributed by atoms with Crippen LogP contribution in [0.15, 0.2) is 12.5 Å². The third-order valence-corrected chi connectivity index (χ3v) is 5.92. The molecule has 2 aliphatic heterocycles. The summed E-state index contributed by atoms with van der Waals surface area (Å²) < 4.78 is 8.76. The molecule has 4 rings (SSSR count). The van der Waals surface area contributed by atoms with Crippen molar-refractivity contribution in [3.05, 3.63) is 16.1 Å². The number of ether oxygens (including phenoxy) is 1. The van der Waals surface area contributed by atoms with Gasteiger partial charge in [0, 0.05) is 30.7 Å². The number of anilines is 1. The van der Waals surface area contributed by atoms with Crippen LogP contribution in [0.2, 0.25) is 0 Å². The fourth-order valence-electron chi connectivity index (χ4n) is 3.64. The number of nitrogens with two attached hydrogens (primary N) is 1. The van der Waals surface area contributed by atoms with Gasteiger partial charge >= 0.3 is 0 Å². The molecule has 0 saturated carbocycles. The lowest BCUT2D eigenvalue weighted by Gasteiger charge is -2.41. The van der Waals surface area contributed by atoms with Crippen molar-refractivity contribution in [2.75, 3.05) is 24.6 Å². The van der Waals surface area contributed by atoms with E-state index in [4.69, 9.17) is 10.5 Å². The Hall–Kier alpha value is -1.00. The Labute approximate surface area is 142 Å². The van der Waals surface area contributed by atoms with Gasteiger partial charge in [0.05, 0.1) is 16.3 Å². The highest BCUT2D eigenvalue weighted by atomic mass is 127. The standard InChI is InChI=1S/C14H19IN6O/c1-9-11(16)14(7-22-9)2-4-20(5-3-14)13-17-6-10(15)12-19-18-8-21(12)13/h6,8-9,11H,2-5,7,16H2,1H3/t9-,11-/m1/s1. The van der Waals surface area contributed by atoms with Crippen LogP contribution in [0.25, 0.3) is 5.65 Å². The van der Waals surface area contributed by atoms with Gasteiger partial charge in [0.1, 0.15) is 6.33 Å². The van der Waals surface area contributed by atoms with Crippen LogP contribution in [0.1, 0.15) is 19.8 Å². The highest BCUT2D eigenvalue weighted by Gasteiger charge is 2.47. The summed E-state index contributed by atoms with van der Waals surface area (Å²) in [6.07, 6.45) is 5.83. The van der Waals surface area contributed by atoms with Gasteiger partial charge in [0.2, 0.25) is 5.95 Å². The first-order chi connectivity index (χ1) is 10.6. The molecule has 2 N–H and O–H groups in total. The molecule has 0 radical (unpaired) electrons. The summed E-state index contributed by atoms with van der Waals surface area (Å²) in [6, 6.07) is 0.134. The van der Waals surface area contributed by atoms with E-state index in [0.717, 1.165) is 47.7 Å². The molecule has 2 aliphatic rings. The molecule has 0 unspecified atom stereocenters. The molecule has 118 valence electrons. The van der Waals surface area contributed by atoms with Gasteiger partial charge in [-0.15, -0.1) is 10.2 Å². The van der Waals surface area contributed by atoms with Gasteiger partial charge in [0.25, 0.3) is 0 Å². The minimum absolute atomic E-state index is 0.130. The largest absolute Gasteiger partial charge is 0.376 e. The van der Waals surface area contributed by atoms with Gasteiger partial charge in [-0.3, -0.25) is 4.40 Å². The molecule has 0 bridgehead atoms. The van der Waals surface area contributed by atoms with Gasteiger partial charge in [-0.1, -0.05) is 0 Å². The van der Waals surface area contributed by atoms with E-state index in [0.29, 0.717) is 0 Å².